The summed E-state index contributed by atoms with van der Waals surface area (Å²) in [7, 11) is 5.17. The van der Waals surface area contributed by atoms with Gasteiger partial charge in [0.15, 0.2) is 6.29 Å². The molecule has 2 saturated heterocycles. The molecule has 2 N–H and O–H groups in total. The molecule has 318 valence electrons. The molecule has 4 rings (SSSR count). The van der Waals surface area contributed by atoms with E-state index >= 15 is 0 Å². The second kappa shape index (κ2) is 20.1. The number of ketones is 1. The van der Waals surface area contributed by atoms with Gasteiger partial charge >= 0.3 is 11.9 Å². The van der Waals surface area contributed by atoms with Crippen molar-refractivity contribution in [2.45, 2.75) is 148 Å². The average Bonchev–Trinajstić information content (AvgIpc) is 3.19. The number of nitrogens with zero attached hydrogens (tertiary/aromatic N) is 2. The predicted octanol–water partition coefficient (Wildman–Crippen LogP) is 4.93. The Hall–Kier alpha value is -3.30. The number of methoxy groups -OCH3 is 2. The number of carbonyl (C=O) groups excluding carboxylic acids is 3. The third-order valence-electron chi connectivity index (χ3n) is 12.2. The number of likely N-dealkylation sites (N-methyl/N-ethyl adjacent to an activating group) is 1. The van der Waals surface area contributed by atoms with E-state index in [1.807, 2.05) is 46.0 Å². The number of ether oxygens (including phenoxy) is 6. The Morgan fingerprint density at radius 1 is 0.982 bits per heavy atom. The highest BCUT2D eigenvalue weighted by molar-refractivity contribution is 5.83. The van der Waals surface area contributed by atoms with Crippen LogP contribution in [0.1, 0.15) is 85.9 Å². The van der Waals surface area contributed by atoms with Gasteiger partial charge in [0.2, 0.25) is 0 Å². The molecule has 1 unspecified atom stereocenters. The van der Waals surface area contributed by atoms with E-state index in [2.05, 4.69) is 22.0 Å². The number of aromatic nitrogens is 1. The number of pyridine rings is 1. The Morgan fingerprint density at radius 2 is 1.65 bits per heavy atom. The molecule has 2 aliphatic heterocycles. The number of rotatable bonds is 11. The van der Waals surface area contributed by atoms with Crippen molar-refractivity contribution in [2.24, 2.45) is 23.7 Å². The second-order valence-electron chi connectivity index (χ2n) is 16.7. The molecule has 0 amide bonds. The summed E-state index contributed by atoms with van der Waals surface area (Å²) >= 11 is 0. The van der Waals surface area contributed by atoms with Crippen LogP contribution in [0, 0.1) is 23.7 Å². The zero-order chi connectivity index (χ0) is 42.2. The zero-order valence-corrected chi connectivity index (χ0v) is 35.6. The van der Waals surface area contributed by atoms with E-state index in [0.717, 1.165) is 5.56 Å². The highest BCUT2D eigenvalue weighted by Crippen LogP contribution is 2.40. The summed E-state index contributed by atoms with van der Waals surface area (Å²) in [5.41, 5.74) is -1.62. The molecular weight excluding hydrogens is 732 g/mol. The van der Waals surface area contributed by atoms with Crippen molar-refractivity contribution in [1.82, 2.24) is 9.88 Å². The summed E-state index contributed by atoms with van der Waals surface area (Å²) in [5.74, 6) is -5.30. The molecule has 14 atom stereocenters. The van der Waals surface area contributed by atoms with Gasteiger partial charge in [-0.3, -0.25) is 24.3 Å². The van der Waals surface area contributed by atoms with Crippen LogP contribution in [-0.4, -0.2) is 119 Å². The summed E-state index contributed by atoms with van der Waals surface area (Å²) in [6.45, 7) is 14.3. The van der Waals surface area contributed by atoms with Gasteiger partial charge in [-0.1, -0.05) is 64.1 Å². The highest BCUT2D eigenvalue weighted by Gasteiger charge is 2.53. The Bertz CT molecular complexity index is 1590. The number of aliphatic hydroxyl groups excluding tert-OH is 1. The lowest BCUT2D eigenvalue weighted by molar-refractivity contribution is -0.306. The van der Waals surface area contributed by atoms with E-state index in [9.17, 15) is 24.6 Å². The monoisotopic (exact) mass is 798 g/mol. The first-order valence-electron chi connectivity index (χ1n) is 20.2. The van der Waals surface area contributed by atoms with E-state index in [4.69, 9.17) is 28.4 Å². The van der Waals surface area contributed by atoms with E-state index in [-0.39, 0.29) is 37.2 Å². The SMILES string of the molecule is CC[C@H]1OC(=O)[C@H](C)[C@@H](OC(=O)Cc2ccccn2)[C@H](C)[C@@H](OC2O[C@@H](C)C[C@@H](N(C)Cc3ccccc3)[C@@H]2OC)[C@](C)(OC)C[C@@H](C)C(=O)[C@@H](C)[C@@H](O)[C@]1(C)O. The van der Waals surface area contributed by atoms with Crippen molar-refractivity contribution in [2.75, 3.05) is 21.3 Å². The van der Waals surface area contributed by atoms with Crippen LogP contribution < -0.4 is 0 Å². The largest absolute Gasteiger partial charge is 0.461 e. The topological polar surface area (TPSA) is 163 Å². The van der Waals surface area contributed by atoms with Gasteiger partial charge in [-0.15, -0.1) is 0 Å². The summed E-state index contributed by atoms with van der Waals surface area (Å²) in [6, 6.07) is 15.2. The zero-order valence-electron chi connectivity index (χ0n) is 35.6. The highest BCUT2D eigenvalue weighted by atomic mass is 16.7. The van der Waals surface area contributed by atoms with E-state index in [1.165, 1.54) is 14.0 Å². The molecule has 0 radical (unpaired) electrons. The lowest BCUT2D eigenvalue weighted by Crippen LogP contribution is -2.61. The fourth-order valence-electron chi connectivity index (χ4n) is 8.79. The van der Waals surface area contributed by atoms with Crippen LogP contribution >= 0.6 is 0 Å². The average molecular weight is 799 g/mol. The van der Waals surface area contributed by atoms with Gasteiger partial charge < -0.3 is 38.6 Å². The number of benzene rings is 1. The van der Waals surface area contributed by atoms with E-state index in [1.54, 1.807) is 59.2 Å². The first-order chi connectivity index (χ1) is 26.9. The maximum absolute atomic E-state index is 14.2. The van der Waals surface area contributed by atoms with Crippen molar-refractivity contribution in [3.8, 4) is 0 Å². The van der Waals surface area contributed by atoms with Crippen LogP contribution in [0.15, 0.2) is 54.7 Å². The molecule has 1 aromatic heterocycles. The molecule has 0 bridgehead atoms. The Labute approximate surface area is 338 Å². The van der Waals surface area contributed by atoms with Gasteiger partial charge in [0.1, 0.15) is 29.7 Å². The Balaban J connectivity index is 1.82. The molecular formula is C44H66N2O11. The number of cyclic esters (lactones) is 1. The van der Waals surface area contributed by atoms with Gasteiger partial charge in [0, 0.05) is 50.8 Å². The summed E-state index contributed by atoms with van der Waals surface area (Å²) in [6.07, 6.45) is -4.32. The number of esters is 2. The maximum atomic E-state index is 14.2. The summed E-state index contributed by atoms with van der Waals surface area (Å²) in [5, 5.41) is 23.1. The molecule has 0 saturated carbocycles. The Kier molecular flexibility index (Phi) is 16.4. The molecule has 0 spiro atoms. The second-order valence-corrected chi connectivity index (χ2v) is 16.7. The summed E-state index contributed by atoms with van der Waals surface area (Å²) in [4.78, 5) is 48.5. The van der Waals surface area contributed by atoms with Crippen LogP contribution in [0.25, 0.3) is 0 Å². The van der Waals surface area contributed by atoms with Gasteiger partial charge in [0.25, 0.3) is 0 Å². The first kappa shape index (κ1) is 46.4. The number of hydrogen-bond donors (Lipinski definition) is 2. The van der Waals surface area contributed by atoms with Crippen molar-refractivity contribution in [3.05, 3.63) is 66.0 Å². The molecule has 57 heavy (non-hydrogen) atoms. The van der Waals surface area contributed by atoms with Gasteiger partial charge in [-0.25, -0.2) is 0 Å². The van der Waals surface area contributed by atoms with Gasteiger partial charge in [-0.2, -0.15) is 0 Å². The minimum Gasteiger partial charge on any atom is -0.461 e. The van der Waals surface area contributed by atoms with Crippen molar-refractivity contribution in [3.63, 3.8) is 0 Å². The molecule has 0 aliphatic carbocycles. The normalized spacial score (nSPS) is 37.3. The molecule has 2 aromatic rings. The molecule has 1 aromatic carbocycles. The van der Waals surface area contributed by atoms with Crippen LogP contribution in [0.5, 0.6) is 0 Å². The third-order valence-corrected chi connectivity index (χ3v) is 12.2. The molecule has 2 fully saturated rings. The van der Waals surface area contributed by atoms with E-state index in [0.29, 0.717) is 18.7 Å². The smallest absolute Gasteiger partial charge is 0.312 e. The van der Waals surface area contributed by atoms with E-state index < -0.39 is 83.6 Å². The third kappa shape index (κ3) is 11.1. The fourth-order valence-corrected chi connectivity index (χ4v) is 8.79. The van der Waals surface area contributed by atoms with Crippen LogP contribution in [0.4, 0.5) is 0 Å². The van der Waals surface area contributed by atoms with Gasteiger partial charge in [-0.05, 0) is 71.7 Å². The predicted molar refractivity (Wildman–Crippen MR) is 213 cm³/mol. The number of hydrogen-bond acceptors (Lipinski definition) is 13. The van der Waals surface area contributed by atoms with Crippen LogP contribution in [0.3, 0.4) is 0 Å². The summed E-state index contributed by atoms with van der Waals surface area (Å²) < 4.78 is 38.3. The molecule has 3 heterocycles. The quantitative estimate of drug-likeness (QED) is 0.295. The lowest BCUT2D eigenvalue weighted by atomic mass is 9.74. The van der Waals surface area contributed by atoms with Crippen molar-refractivity contribution in [1.29, 1.82) is 0 Å². The standard InChI is InChI=1S/C44H66N2O11/c1-12-34-44(8,51)39(49)28(4)36(48)26(2)24-43(7,53-11)40(29(5)37(30(6)41(50)55-34)56-35(47)23-32-20-16-17-21-45-32)57-42-38(52-10)33(22-27(3)54-42)46(9)25-31-18-14-13-15-19-31/h13-21,26-30,33-34,37-40,42,49,51H,12,22-25H2,1-11H3/t26-,27+,28-,29+,30-,33-,34-,37+,38+,39-,40-,42?,43-,44-/m1/s1. The molecule has 13 nitrogen and oxygen atoms in total. The molecule has 13 heteroatoms. The number of Topliss-reactive ketones (excluding diaryl/α,β-unsaturated/α-hetero) is 1. The minimum atomic E-state index is -1.98. The Morgan fingerprint density at radius 3 is 2.25 bits per heavy atom. The first-order valence-corrected chi connectivity index (χ1v) is 20.2. The van der Waals surface area contributed by atoms with Crippen LogP contribution in [-0.2, 0) is 55.8 Å². The number of carbonyl (C=O) groups is 3. The lowest BCUT2D eigenvalue weighted by Gasteiger charge is -2.49. The van der Waals surface area contributed by atoms with Crippen molar-refractivity contribution < 1.29 is 53.0 Å². The minimum absolute atomic E-state index is 0.110. The van der Waals surface area contributed by atoms with Gasteiger partial charge in [0.05, 0.1) is 41.9 Å². The maximum Gasteiger partial charge on any atom is 0.312 e. The van der Waals surface area contributed by atoms with Crippen molar-refractivity contribution >= 4 is 17.7 Å². The van der Waals surface area contributed by atoms with Crippen LogP contribution in [0.2, 0.25) is 0 Å². The fraction of sp³-hybridized carbons (Fsp3) is 0.682. The molecule has 2 aliphatic rings. The number of aliphatic hydroxyl groups is 2.